The maximum absolute atomic E-state index is 6.39. The molecule has 2 aliphatic rings. The number of hydrogen-bond donors (Lipinski definition) is 0. The lowest BCUT2D eigenvalue weighted by atomic mass is 9.77. The van der Waals surface area contributed by atoms with Gasteiger partial charge in [-0.1, -0.05) is 59.8 Å². The van der Waals surface area contributed by atoms with Gasteiger partial charge in [-0.15, -0.1) is 0 Å². The Balaban J connectivity index is 1.64. The van der Waals surface area contributed by atoms with E-state index in [-0.39, 0.29) is 0 Å². The maximum atomic E-state index is 6.39. The molecule has 4 atom stereocenters. The van der Waals surface area contributed by atoms with Crippen LogP contribution >= 0.6 is 0 Å². The third-order valence-corrected chi connectivity index (χ3v) is 6.75. The Hall–Kier alpha value is -0.0800. The minimum Gasteiger partial charge on any atom is -0.378 e. The Morgan fingerprint density at radius 1 is 0.708 bits per heavy atom. The Kier molecular flexibility index (Phi) is 9.11. The molecule has 2 rings (SSSR count). The van der Waals surface area contributed by atoms with Gasteiger partial charge >= 0.3 is 0 Å². The van der Waals surface area contributed by atoms with Crippen molar-refractivity contribution in [3.8, 4) is 0 Å². The second-order valence-corrected chi connectivity index (χ2v) is 8.76. The Morgan fingerprint density at radius 3 is 1.96 bits per heavy atom. The third-order valence-electron chi connectivity index (χ3n) is 6.75. The van der Waals surface area contributed by atoms with E-state index in [0.717, 1.165) is 25.0 Å². The second-order valence-electron chi connectivity index (χ2n) is 8.76. The van der Waals surface area contributed by atoms with Gasteiger partial charge in [-0.25, -0.2) is 0 Å². The van der Waals surface area contributed by atoms with Crippen molar-refractivity contribution in [2.75, 3.05) is 13.2 Å². The highest BCUT2D eigenvalue weighted by molar-refractivity contribution is 4.85. The van der Waals surface area contributed by atoms with Gasteiger partial charge in [-0.3, -0.25) is 0 Å². The molecule has 0 aromatic carbocycles. The number of unbranched alkanes of at least 4 members (excludes halogenated alkanes) is 3. The van der Waals surface area contributed by atoms with E-state index < -0.39 is 0 Å². The lowest BCUT2D eigenvalue weighted by Gasteiger charge is -2.40. The predicted molar refractivity (Wildman–Crippen MR) is 102 cm³/mol. The van der Waals surface area contributed by atoms with Gasteiger partial charge in [0.05, 0.1) is 12.2 Å². The highest BCUT2D eigenvalue weighted by atomic mass is 16.5. The molecular weight excluding hydrogens is 296 g/mol. The van der Waals surface area contributed by atoms with Gasteiger partial charge in [0.2, 0.25) is 0 Å². The first-order valence-electron chi connectivity index (χ1n) is 10.8. The first-order chi connectivity index (χ1) is 11.6. The van der Waals surface area contributed by atoms with Gasteiger partial charge in [0, 0.05) is 13.2 Å². The van der Waals surface area contributed by atoms with Crippen LogP contribution in [0.3, 0.4) is 0 Å². The summed E-state index contributed by atoms with van der Waals surface area (Å²) in [4.78, 5) is 0. The van der Waals surface area contributed by atoms with Crippen LogP contribution in [-0.2, 0) is 9.47 Å². The standard InChI is InChI=1S/C22H42O2/c1-5-6-7-8-15-23-21-13-14-22(19(4)18(21)3)24-16-20-11-9-17(2)10-12-20/h17-22H,5-16H2,1-4H3. The molecule has 2 nitrogen and oxygen atoms in total. The molecule has 0 radical (unpaired) electrons. The fraction of sp³-hybridized carbons (Fsp3) is 1.00. The van der Waals surface area contributed by atoms with Crippen LogP contribution in [0.1, 0.15) is 91.9 Å². The highest BCUT2D eigenvalue weighted by Gasteiger charge is 2.35. The monoisotopic (exact) mass is 338 g/mol. The SMILES string of the molecule is CCCCCCOC1CCC(OCC2CCC(C)CC2)C(C)C1C. The summed E-state index contributed by atoms with van der Waals surface area (Å²) in [6, 6.07) is 0. The second kappa shape index (κ2) is 10.8. The molecular formula is C22H42O2. The van der Waals surface area contributed by atoms with Crippen LogP contribution in [0.15, 0.2) is 0 Å². The van der Waals surface area contributed by atoms with Gasteiger partial charge < -0.3 is 9.47 Å². The molecule has 0 N–H and O–H groups in total. The van der Waals surface area contributed by atoms with E-state index in [1.165, 1.54) is 64.2 Å². The summed E-state index contributed by atoms with van der Waals surface area (Å²) in [5, 5.41) is 0. The van der Waals surface area contributed by atoms with Crippen molar-refractivity contribution in [2.24, 2.45) is 23.7 Å². The molecule has 0 aromatic heterocycles. The summed E-state index contributed by atoms with van der Waals surface area (Å²) >= 11 is 0. The van der Waals surface area contributed by atoms with E-state index in [4.69, 9.17) is 9.47 Å². The van der Waals surface area contributed by atoms with Crippen LogP contribution in [0.4, 0.5) is 0 Å². The van der Waals surface area contributed by atoms with Crippen molar-refractivity contribution in [1.29, 1.82) is 0 Å². The van der Waals surface area contributed by atoms with Crippen molar-refractivity contribution >= 4 is 0 Å². The molecule has 142 valence electrons. The number of rotatable bonds is 9. The molecule has 0 aliphatic heterocycles. The van der Waals surface area contributed by atoms with E-state index in [1.807, 2.05) is 0 Å². The minimum absolute atomic E-state index is 0.456. The Labute approximate surface area is 151 Å². The summed E-state index contributed by atoms with van der Waals surface area (Å²) in [7, 11) is 0. The van der Waals surface area contributed by atoms with E-state index in [1.54, 1.807) is 0 Å². The lowest BCUT2D eigenvalue weighted by molar-refractivity contribution is -0.0992. The van der Waals surface area contributed by atoms with Crippen LogP contribution in [0.25, 0.3) is 0 Å². The van der Waals surface area contributed by atoms with E-state index in [9.17, 15) is 0 Å². The fourth-order valence-electron chi connectivity index (χ4n) is 4.52. The van der Waals surface area contributed by atoms with Crippen molar-refractivity contribution in [1.82, 2.24) is 0 Å². The summed E-state index contributed by atoms with van der Waals surface area (Å²) in [5.41, 5.74) is 0. The molecule has 0 bridgehead atoms. The first-order valence-corrected chi connectivity index (χ1v) is 10.8. The van der Waals surface area contributed by atoms with Gasteiger partial charge in [0.25, 0.3) is 0 Å². The van der Waals surface area contributed by atoms with Crippen molar-refractivity contribution < 1.29 is 9.47 Å². The van der Waals surface area contributed by atoms with Crippen molar-refractivity contribution in [3.63, 3.8) is 0 Å². The van der Waals surface area contributed by atoms with Crippen molar-refractivity contribution in [2.45, 2.75) is 104 Å². The normalized spacial score (nSPS) is 37.5. The smallest absolute Gasteiger partial charge is 0.0605 e. The van der Waals surface area contributed by atoms with Crippen LogP contribution in [0.5, 0.6) is 0 Å². The van der Waals surface area contributed by atoms with E-state index in [0.29, 0.717) is 24.0 Å². The molecule has 2 saturated carbocycles. The summed E-state index contributed by atoms with van der Waals surface area (Å²) in [5.74, 6) is 3.00. The number of hydrogen-bond acceptors (Lipinski definition) is 2. The largest absolute Gasteiger partial charge is 0.378 e. The minimum atomic E-state index is 0.456. The summed E-state index contributed by atoms with van der Waals surface area (Å²) < 4.78 is 12.6. The maximum Gasteiger partial charge on any atom is 0.0605 e. The molecule has 2 fully saturated rings. The van der Waals surface area contributed by atoms with Crippen molar-refractivity contribution in [3.05, 3.63) is 0 Å². The van der Waals surface area contributed by atoms with Gasteiger partial charge in [-0.2, -0.15) is 0 Å². The predicted octanol–water partition coefficient (Wildman–Crippen LogP) is 6.23. The van der Waals surface area contributed by atoms with Crippen LogP contribution in [-0.4, -0.2) is 25.4 Å². The fourth-order valence-corrected chi connectivity index (χ4v) is 4.52. The average molecular weight is 339 g/mol. The van der Waals surface area contributed by atoms with Crippen LogP contribution in [0, 0.1) is 23.7 Å². The zero-order valence-electron chi connectivity index (χ0n) is 16.8. The van der Waals surface area contributed by atoms with Gasteiger partial charge in [-0.05, 0) is 55.8 Å². The quantitative estimate of drug-likeness (QED) is 0.464. The first kappa shape index (κ1) is 20.2. The molecule has 2 aliphatic carbocycles. The Bertz CT molecular complexity index is 322. The van der Waals surface area contributed by atoms with Crippen LogP contribution < -0.4 is 0 Å². The molecule has 0 aromatic rings. The number of ether oxygens (including phenoxy) is 2. The molecule has 0 heterocycles. The summed E-state index contributed by atoms with van der Waals surface area (Å²) in [6.07, 6.45) is 14.0. The topological polar surface area (TPSA) is 18.5 Å². The lowest BCUT2D eigenvalue weighted by Crippen LogP contribution is -2.41. The molecule has 4 unspecified atom stereocenters. The van der Waals surface area contributed by atoms with Gasteiger partial charge in [0.1, 0.15) is 0 Å². The molecule has 2 heteroatoms. The Morgan fingerprint density at radius 2 is 1.33 bits per heavy atom. The van der Waals surface area contributed by atoms with Crippen LogP contribution in [0.2, 0.25) is 0 Å². The third kappa shape index (κ3) is 6.33. The highest BCUT2D eigenvalue weighted by Crippen LogP contribution is 2.35. The zero-order valence-corrected chi connectivity index (χ0v) is 16.8. The average Bonchev–Trinajstić information content (AvgIpc) is 2.59. The molecule has 24 heavy (non-hydrogen) atoms. The zero-order chi connectivity index (χ0) is 17.4. The molecule has 0 spiro atoms. The molecule has 0 saturated heterocycles. The summed E-state index contributed by atoms with van der Waals surface area (Å²) in [6.45, 7) is 11.4. The van der Waals surface area contributed by atoms with E-state index >= 15 is 0 Å². The van der Waals surface area contributed by atoms with Gasteiger partial charge in [0.15, 0.2) is 0 Å². The van der Waals surface area contributed by atoms with E-state index in [2.05, 4.69) is 27.7 Å². The molecule has 0 amide bonds.